The fraction of sp³-hybridized carbons (Fsp3) is 0. The van der Waals surface area contributed by atoms with Gasteiger partial charge in [-0.2, -0.15) is 0 Å². The van der Waals surface area contributed by atoms with Crippen LogP contribution in [0, 0.1) is 0 Å². The first-order chi connectivity index (χ1) is 30.3. The number of carbonyl (C=O) groups excluding carboxylic acids is 1. The van der Waals surface area contributed by atoms with Crippen LogP contribution in [0.1, 0.15) is 0 Å². The molecule has 1 nitrogen and oxygen atoms in total. The molecule has 9 aromatic carbocycles. The van der Waals surface area contributed by atoms with Crippen molar-refractivity contribution in [2.45, 2.75) is 0 Å². The summed E-state index contributed by atoms with van der Waals surface area (Å²) >= 11 is 1.62. The molecule has 0 unspecified atom stereocenters. The van der Waals surface area contributed by atoms with Crippen LogP contribution in [0.5, 0.6) is 0 Å². The quantitative estimate of drug-likeness (QED) is 0.0610. The van der Waals surface area contributed by atoms with Crippen LogP contribution in [0.3, 0.4) is 0 Å². The van der Waals surface area contributed by atoms with Gasteiger partial charge in [0.1, 0.15) is 47.7 Å². The number of halogens is 1. The minimum Gasteiger partial charge on any atom is -0.0620 e. The van der Waals surface area contributed by atoms with Gasteiger partial charge in [-0.3, -0.25) is 6.79 Å². The zero-order valence-corrected chi connectivity index (χ0v) is 39.3. The van der Waals surface area contributed by atoms with Gasteiger partial charge < -0.3 is 4.79 Å². The van der Waals surface area contributed by atoms with Crippen molar-refractivity contribution >= 4 is 88.0 Å². The Bertz CT molecular complexity index is 1890. The molecule has 0 aliphatic rings. The Morgan fingerprint density at radius 2 is 0.295 bits per heavy atom. The van der Waals surface area contributed by atoms with E-state index in [0.29, 0.717) is 0 Å². The van der Waals surface area contributed by atoms with Crippen LogP contribution in [0.15, 0.2) is 273 Å². The Kier molecular flexibility index (Phi) is 21.3. The molecule has 0 aromatic heterocycles. The van der Waals surface area contributed by atoms with Crippen molar-refractivity contribution < 1.29 is 22.1 Å². The van der Waals surface area contributed by atoms with Crippen LogP contribution < -0.4 is 47.7 Å². The maximum Gasteiger partial charge on any atom is 0.102 e. The topological polar surface area (TPSA) is 17.1 Å². The molecule has 0 aliphatic heterocycles. The molecule has 0 bridgehead atoms. The fourth-order valence-electron chi connectivity index (χ4n) is 6.94. The van der Waals surface area contributed by atoms with Crippen molar-refractivity contribution in [3.63, 3.8) is 0 Å². The molecule has 9 aromatic rings. The first-order valence-electron chi connectivity index (χ1n) is 19.8. The summed E-state index contributed by atoms with van der Waals surface area (Å²) in [6, 6.07) is 97.5. The number of hydrogen-bond donors (Lipinski definition) is 0. The predicted octanol–water partition coefficient (Wildman–Crippen LogP) is 9.68. The van der Waals surface area contributed by atoms with Crippen molar-refractivity contribution in [2.24, 2.45) is 0 Å². The zero-order chi connectivity index (χ0) is 42.7. The van der Waals surface area contributed by atoms with E-state index >= 15 is 0 Å². The number of rotatable bonds is 9. The summed E-state index contributed by atoms with van der Waals surface area (Å²) in [5.41, 5.74) is 0. The second-order valence-corrected chi connectivity index (χ2v) is 20.9. The van der Waals surface area contributed by atoms with Crippen LogP contribution in [0.2, 0.25) is 0 Å². The van der Waals surface area contributed by atoms with Crippen LogP contribution in [-0.4, -0.2) is 6.79 Å². The largest absolute Gasteiger partial charge is 0.102 e. The van der Waals surface area contributed by atoms with Crippen molar-refractivity contribution in [2.75, 3.05) is 0 Å². The molecule has 61 heavy (non-hydrogen) atoms. The molecule has 0 aliphatic carbocycles. The van der Waals surface area contributed by atoms with E-state index in [1.165, 1.54) is 47.7 Å². The van der Waals surface area contributed by atoms with Gasteiger partial charge in [0.2, 0.25) is 0 Å². The Balaban J connectivity index is 0.000000166. The van der Waals surface area contributed by atoms with Gasteiger partial charge in [-0.25, -0.2) is 0 Å². The molecule has 0 heterocycles. The summed E-state index contributed by atoms with van der Waals surface area (Å²) in [5, 5.41) is 12.9. The summed E-state index contributed by atoms with van der Waals surface area (Å²) in [4.78, 5) is 7.75. The zero-order valence-electron chi connectivity index (χ0n) is 33.7. The van der Waals surface area contributed by atoms with E-state index in [9.17, 15) is 0 Å². The molecule has 9 rings (SSSR count). The van der Waals surface area contributed by atoms with E-state index in [0.717, 1.165) is 0 Å². The van der Waals surface area contributed by atoms with Crippen LogP contribution in [0.25, 0.3) is 0 Å². The molecule has 0 atom stereocenters. The molecule has 304 valence electrons. The van der Waals surface area contributed by atoms with Crippen LogP contribution in [0.4, 0.5) is 0 Å². The second-order valence-electron chi connectivity index (χ2n) is 13.4. The first kappa shape index (κ1) is 46.9. The fourth-order valence-corrected chi connectivity index (χ4v) is 14.7. The summed E-state index contributed by atoms with van der Waals surface area (Å²) in [6.45, 7) is 3.25. The molecule has 0 N–H and O–H groups in total. The average Bonchev–Trinajstić information content (AvgIpc) is 3.37. The maximum atomic E-state index is 7.75. The Hall–Kier alpha value is -5.15. The number of hydrogen-bond acceptors (Lipinski definition) is 1. The standard InChI is InChI=1S/3C18H15P.CHO.ClH.Ru.H/c3*1-4-10-16(11-5-1)19(17-12-6-2-7-13-17)18-14-8-3-9-15-18;1-2;;;/h3*1-15H;1H;1H;;/q;;;-1;;+1;/p+2. The first-order valence-corrected chi connectivity index (χ1v) is 26.7. The van der Waals surface area contributed by atoms with Gasteiger partial charge in [0, 0.05) is 0 Å². The molecule has 6 heteroatoms. The normalized spacial score (nSPS) is 10.1. The predicted molar refractivity (Wildman–Crippen MR) is 274 cm³/mol. The summed E-state index contributed by atoms with van der Waals surface area (Å²) in [7, 11) is 1.98. The number of benzene rings is 9. The van der Waals surface area contributed by atoms with Gasteiger partial charge in [-0.05, 0) is 109 Å². The molecular formula is C55H50ClOP3Ru+2. The van der Waals surface area contributed by atoms with E-state index in [-0.39, 0.29) is 0 Å². The maximum absolute atomic E-state index is 7.75. The van der Waals surface area contributed by atoms with Crippen LogP contribution in [-0.2, 0) is 22.1 Å². The van der Waals surface area contributed by atoms with E-state index in [1.54, 1.807) is 17.3 Å². The summed E-state index contributed by atoms with van der Waals surface area (Å²) in [5.74, 6) is 0. The molecule has 0 saturated heterocycles. The minimum absolute atomic E-state index is 0.877. The Morgan fingerprint density at radius 3 is 0.377 bits per heavy atom. The van der Waals surface area contributed by atoms with Gasteiger partial charge >= 0.3 is 27.0 Å². The van der Waals surface area contributed by atoms with Crippen molar-refractivity contribution in [1.82, 2.24) is 0 Å². The molecule has 0 spiro atoms. The third-order valence-corrected chi connectivity index (χ3v) is 17.8. The van der Waals surface area contributed by atoms with Crippen LogP contribution >= 0.6 is 33.5 Å². The molecule has 0 radical (unpaired) electrons. The van der Waals surface area contributed by atoms with E-state index < -0.39 is 23.8 Å². The monoisotopic (exact) mass is 956 g/mol. The van der Waals surface area contributed by atoms with Gasteiger partial charge in [0.05, 0.1) is 23.8 Å². The molecule has 0 amide bonds. The minimum atomic E-state index is -0.877. The van der Waals surface area contributed by atoms with E-state index in [4.69, 9.17) is 4.79 Å². The van der Waals surface area contributed by atoms with E-state index in [1.807, 2.05) is 0 Å². The smallest absolute Gasteiger partial charge is 0.0620 e. The third-order valence-electron chi connectivity index (χ3n) is 9.56. The summed E-state index contributed by atoms with van der Waals surface area (Å²) < 4.78 is 0. The van der Waals surface area contributed by atoms with E-state index in [2.05, 4.69) is 289 Å². The third kappa shape index (κ3) is 14.5. The molecule has 0 saturated carbocycles. The summed E-state index contributed by atoms with van der Waals surface area (Å²) in [6.07, 6.45) is 0. The van der Waals surface area contributed by atoms with Crippen molar-refractivity contribution in [1.29, 1.82) is 0 Å². The average molecular weight is 956 g/mol. The Morgan fingerprint density at radius 1 is 0.213 bits per heavy atom. The van der Waals surface area contributed by atoms with Gasteiger partial charge in [0.25, 0.3) is 0 Å². The van der Waals surface area contributed by atoms with Crippen molar-refractivity contribution in [3.8, 4) is 0 Å². The van der Waals surface area contributed by atoms with Gasteiger partial charge in [0.15, 0.2) is 0 Å². The molecule has 0 fully saturated rings. The van der Waals surface area contributed by atoms with Gasteiger partial charge in [-0.1, -0.05) is 164 Å². The SMILES string of the molecule is [CH-]=O.[Cl][RuH].c1ccc([PH+](c2ccccc2)c2ccccc2)cc1.c1ccc([PH+](c2ccccc2)c2ccccc2)cc1.c1ccc([PH+](c2ccccc2)c2ccccc2)cc1. The Labute approximate surface area is 380 Å². The second kappa shape index (κ2) is 27.6. The van der Waals surface area contributed by atoms with Crippen molar-refractivity contribution in [3.05, 3.63) is 273 Å². The molecular weight excluding hydrogens is 906 g/mol. The van der Waals surface area contributed by atoms with Gasteiger partial charge in [-0.15, -0.1) is 0 Å².